The third-order valence-corrected chi connectivity index (χ3v) is 2.71. The van der Waals surface area contributed by atoms with Gasteiger partial charge >= 0.3 is 0 Å². The van der Waals surface area contributed by atoms with E-state index >= 15 is 0 Å². The maximum atomic E-state index is 3.91. The minimum Gasteiger partial charge on any atom is -0.0654 e. The molecule has 0 saturated heterocycles. The van der Waals surface area contributed by atoms with Gasteiger partial charge in [0, 0.05) is 0 Å². The molecule has 0 heterocycles. The Kier molecular flexibility index (Phi) is 5.36. The van der Waals surface area contributed by atoms with E-state index in [-0.39, 0.29) is 0 Å². The van der Waals surface area contributed by atoms with Gasteiger partial charge in [-0.05, 0) is 24.3 Å². The zero-order valence-corrected chi connectivity index (χ0v) is 9.21. The Bertz CT molecular complexity index is 225. The lowest BCUT2D eigenvalue weighted by Crippen LogP contribution is -1.98. The number of hydrogen-bond donors (Lipinski definition) is 0. The topological polar surface area (TPSA) is 0 Å². The van der Waals surface area contributed by atoms with Crippen LogP contribution in [-0.4, -0.2) is 0 Å². The average molecular weight is 189 g/mol. The van der Waals surface area contributed by atoms with Crippen molar-refractivity contribution in [2.75, 3.05) is 0 Å². The zero-order chi connectivity index (χ0) is 10.2. The minimum atomic E-state index is 0.753. The monoisotopic (exact) mass is 189 g/mol. The van der Waals surface area contributed by atoms with Gasteiger partial charge in [-0.2, -0.15) is 0 Å². The summed E-state index contributed by atoms with van der Waals surface area (Å²) in [6, 6.07) is 10.9. The van der Waals surface area contributed by atoms with E-state index in [1.165, 1.54) is 31.2 Å². The predicted molar refractivity (Wildman–Crippen MR) is 63.3 cm³/mol. The normalized spacial score (nSPS) is 12.7. The van der Waals surface area contributed by atoms with Gasteiger partial charge in [0.15, 0.2) is 0 Å². The summed E-state index contributed by atoms with van der Waals surface area (Å²) in [5.41, 5.74) is 1.50. The first-order chi connectivity index (χ1) is 6.88. The molecule has 1 aromatic rings. The second-order valence-electron chi connectivity index (χ2n) is 3.89. The van der Waals surface area contributed by atoms with Crippen LogP contribution in [0.15, 0.2) is 30.3 Å². The van der Waals surface area contributed by atoms with Gasteiger partial charge < -0.3 is 0 Å². The van der Waals surface area contributed by atoms with Crippen LogP contribution < -0.4 is 0 Å². The molecule has 1 aromatic carbocycles. The molecular formula is C14H21. The Balaban J connectivity index is 2.58. The summed E-state index contributed by atoms with van der Waals surface area (Å²) < 4.78 is 0. The lowest BCUT2D eigenvalue weighted by molar-refractivity contribution is 0.548. The molecule has 0 aliphatic carbocycles. The standard InChI is InChI=1S/C14H21/c1-3-5-10-13(9-4-2)14-11-7-6-8-12-14/h6-8,11-13H,1,3-5,9-10H2,2H3. The second kappa shape index (κ2) is 6.64. The van der Waals surface area contributed by atoms with Crippen LogP contribution in [0.2, 0.25) is 0 Å². The molecule has 0 aromatic heterocycles. The van der Waals surface area contributed by atoms with Crippen LogP contribution in [0.3, 0.4) is 0 Å². The van der Waals surface area contributed by atoms with Crippen molar-refractivity contribution in [2.24, 2.45) is 0 Å². The van der Waals surface area contributed by atoms with Crippen LogP contribution in [-0.2, 0) is 0 Å². The first-order valence-corrected chi connectivity index (χ1v) is 5.72. The fourth-order valence-electron chi connectivity index (χ4n) is 1.94. The highest BCUT2D eigenvalue weighted by Gasteiger charge is 2.08. The molecule has 0 N–H and O–H groups in total. The average Bonchev–Trinajstić information content (AvgIpc) is 2.25. The van der Waals surface area contributed by atoms with Crippen molar-refractivity contribution in [3.05, 3.63) is 42.8 Å². The second-order valence-corrected chi connectivity index (χ2v) is 3.89. The van der Waals surface area contributed by atoms with Crippen LogP contribution >= 0.6 is 0 Å². The molecule has 77 valence electrons. The lowest BCUT2D eigenvalue weighted by atomic mass is 9.90. The molecule has 0 bridgehead atoms. The van der Waals surface area contributed by atoms with Crippen LogP contribution in [0.1, 0.15) is 50.5 Å². The number of unbranched alkanes of at least 4 members (excludes halogenated alkanes) is 1. The van der Waals surface area contributed by atoms with E-state index < -0.39 is 0 Å². The highest BCUT2D eigenvalue weighted by Crippen LogP contribution is 2.26. The highest BCUT2D eigenvalue weighted by molar-refractivity contribution is 5.19. The van der Waals surface area contributed by atoms with Crippen LogP contribution in [0.25, 0.3) is 0 Å². The fraction of sp³-hybridized carbons (Fsp3) is 0.500. The van der Waals surface area contributed by atoms with Crippen LogP contribution in [0, 0.1) is 6.92 Å². The SMILES string of the molecule is [CH2]CCCC(CCC)c1ccccc1. The fourth-order valence-corrected chi connectivity index (χ4v) is 1.94. The van der Waals surface area contributed by atoms with Gasteiger partial charge in [0.1, 0.15) is 0 Å². The summed E-state index contributed by atoms with van der Waals surface area (Å²) in [5, 5.41) is 0. The Morgan fingerprint density at radius 3 is 2.43 bits per heavy atom. The Hall–Kier alpha value is -0.780. The molecule has 0 nitrogen and oxygen atoms in total. The molecule has 0 aliphatic rings. The van der Waals surface area contributed by atoms with Gasteiger partial charge in [0.05, 0.1) is 0 Å². The van der Waals surface area contributed by atoms with E-state index in [0.717, 1.165) is 12.3 Å². The molecule has 0 aliphatic heterocycles. The number of rotatable bonds is 6. The van der Waals surface area contributed by atoms with Crippen molar-refractivity contribution >= 4 is 0 Å². The van der Waals surface area contributed by atoms with Crippen molar-refractivity contribution in [3.63, 3.8) is 0 Å². The quantitative estimate of drug-likeness (QED) is 0.614. The summed E-state index contributed by atoms with van der Waals surface area (Å²) in [6.45, 7) is 6.18. The van der Waals surface area contributed by atoms with Crippen LogP contribution in [0.5, 0.6) is 0 Å². The predicted octanol–water partition coefficient (Wildman–Crippen LogP) is 4.57. The maximum absolute atomic E-state index is 3.91. The van der Waals surface area contributed by atoms with Gasteiger partial charge in [-0.25, -0.2) is 0 Å². The number of hydrogen-bond acceptors (Lipinski definition) is 0. The summed E-state index contributed by atoms with van der Waals surface area (Å²) in [5.74, 6) is 0.753. The van der Waals surface area contributed by atoms with E-state index in [1.54, 1.807) is 0 Å². The first kappa shape index (κ1) is 11.3. The van der Waals surface area contributed by atoms with Gasteiger partial charge in [-0.15, -0.1) is 0 Å². The molecule has 0 heteroatoms. The minimum absolute atomic E-state index is 0.753. The van der Waals surface area contributed by atoms with Crippen LogP contribution in [0.4, 0.5) is 0 Å². The molecular weight excluding hydrogens is 168 g/mol. The largest absolute Gasteiger partial charge is 0.0654 e. The Morgan fingerprint density at radius 1 is 1.14 bits per heavy atom. The summed E-state index contributed by atoms with van der Waals surface area (Å²) >= 11 is 0. The molecule has 1 radical (unpaired) electrons. The zero-order valence-electron chi connectivity index (χ0n) is 9.21. The Labute approximate surface area is 88.4 Å². The molecule has 1 rings (SSSR count). The molecule has 14 heavy (non-hydrogen) atoms. The van der Waals surface area contributed by atoms with E-state index in [9.17, 15) is 0 Å². The van der Waals surface area contributed by atoms with Gasteiger partial charge in [-0.1, -0.05) is 63.4 Å². The maximum Gasteiger partial charge on any atom is -0.0162 e. The van der Waals surface area contributed by atoms with Gasteiger partial charge in [0.2, 0.25) is 0 Å². The van der Waals surface area contributed by atoms with Gasteiger partial charge in [-0.3, -0.25) is 0 Å². The summed E-state index contributed by atoms with van der Waals surface area (Å²) in [7, 11) is 0. The molecule has 0 fully saturated rings. The van der Waals surface area contributed by atoms with Crippen molar-refractivity contribution < 1.29 is 0 Å². The summed E-state index contributed by atoms with van der Waals surface area (Å²) in [6.07, 6.45) is 6.19. The third kappa shape index (κ3) is 3.53. The highest BCUT2D eigenvalue weighted by atomic mass is 14.1. The number of benzene rings is 1. The van der Waals surface area contributed by atoms with E-state index in [1.807, 2.05) is 0 Å². The lowest BCUT2D eigenvalue weighted by Gasteiger charge is -2.15. The van der Waals surface area contributed by atoms with Crippen molar-refractivity contribution in [1.29, 1.82) is 0 Å². The molecule has 1 unspecified atom stereocenters. The van der Waals surface area contributed by atoms with E-state index in [2.05, 4.69) is 44.2 Å². The van der Waals surface area contributed by atoms with Crippen molar-refractivity contribution in [2.45, 2.75) is 44.9 Å². The van der Waals surface area contributed by atoms with Crippen molar-refractivity contribution in [1.82, 2.24) is 0 Å². The molecule has 1 atom stereocenters. The smallest absolute Gasteiger partial charge is 0.0162 e. The van der Waals surface area contributed by atoms with E-state index in [4.69, 9.17) is 0 Å². The van der Waals surface area contributed by atoms with E-state index in [0.29, 0.717) is 0 Å². The van der Waals surface area contributed by atoms with Gasteiger partial charge in [0.25, 0.3) is 0 Å². The Morgan fingerprint density at radius 2 is 1.86 bits per heavy atom. The molecule has 0 spiro atoms. The molecule has 0 amide bonds. The molecule has 0 saturated carbocycles. The van der Waals surface area contributed by atoms with Crippen molar-refractivity contribution in [3.8, 4) is 0 Å². The third-order valence-electron chi connectivity index (χ3n) is 2.71. The first-order valence-electron chi connectivity index (χ1n) is 5.72. The summed E-state index contributed by atoms with van der Waals surface area (Å²) in [4.78, 5) is 0.